The standard InChI is InChI=1S/C23H19N3O5S/c1-29-19-6-4-5-14(10-19)20-13-32-21(26-20)17(11-24)12-25-18-8-15(22(27)30-2)7-16(9-18)23(28)31-3/h4-10,12-13,25H,1-3H3/b17-12+. The van der Waals surface area contributed by atoms with Gasteiger partial charge < -0.3 is 19.5 Å². The maximum Gasteiger partial charge on any atom is 0.337 e. The van der Waals surface area contributed by atoms with Crippen molar-refractivity contribution in [2.75, 3.05) is 26.6 Å². The van der Waals surface area contributed by atoms with E-state index in [4.69, 9.17) is 14.2 Å². The fraction of sp³-hybridized carbons (Fsp3) is 0.130. The molecule has 0 saturated carbocycles. The Morgan fingerprint density at radius 2 is 1.75 bits per heavy atom. The van der Waals surface area contributed by atoms with Gasteiger partial charge in [0.25, 0.3) is 0 Å². The molecule has 0 unspecified atom stereocenters. The van der Waals surface area contributed by atoms with Crippen molar-refractivity contribution in [1.29, 1.82) is 5.26 Å². The number of nitrogens with zero attached hydrogens (tertiary/aromatic N) is 2. The Bertz CT molecular complexity index is 1190. The van der Waals surface area contributed by atoms with Gasteiger partial charge in [0.15, 0.2) is 0 Å². The molecule has 1 N–H and O–H groups in total. The molecular weight excluding hydrogens is 430 g/mol. The molecule has 3 aromatic rings. The summed E-state index contributed by atoms with van der Waals surface area (Å²) >= 11 is 1.32. The number of rotatable bonds is 7. The Balaban J connectivity index is 1.89. The number of hydrogen-bond acceptors (Lipinski definition) is 9. The number of benzene rings is 2. The van der Waals surface area contributed by atoms with Crippen LogP contribution in [-0.2, 0) is 9.47 Å². The van der Waals surface area contributed by atoms with E-state index >= 15 is 0 Å². The van der Waals surface area contributed by atoms with Crippen LogP contribution in [0.3, 0.4) is 0 Å². The van der Waals surface area contributed by atoms with Gasteiger partial charge in [0.05, 0.1) is 38.2 Å². The Morgan fingerprint density at radius 1 is 1.06 bits per heavy atom. The molecule has 162 valence electrons. The second-order valence-corrected chi connectivity index (χ2v) is 7.22. The largest absolute Gasteiger partial charge is 0.497 e. The van der Waals surface area contributed by atoms with E-state index in [1.165, 1.54) is 50.0 Å². The van der Waals surface area contributed by atoms with Crippen molar-refractivity contribution < 1.29 is 23.8 Å². The minimum absolute atomic E-state index is 0.166. The van der Waals surface area contributed by atoms with Crippen LogP contribution in [-0.4, -0.2) is 38.3 Å². The maximum absolute atomic E-state index is 11.9. The highest BCUT2D eigenvalue weighted by molar-refractivity contribution is 7.11. The monoisotopic (exact) mass is 449 g/mol. The van der Waals surface area contributed by atoms with Crippen molar-refractivity contribution in [3.8, 4) is 23.1 Å². The van der Waals surface area contributed by atoms with Crippen molar-refractivity contribution in [2.24, 2.45) is 0 Å². The molecule has 2 aromatic carbocycles. The number of allylic oxidation sites excluding steroid dienone is 1. The SMILES string of the molecule is COC(=O)c1cc(N/C=C(\C#N)c2nc(-c3cccc(OC)c3)cs2)cc(C(=O)OC)c1. The van der Waals surface area contributed by atoms with Crippen LogP contribution in [0.15, 0.2) is 54.0 Å². The van der Waals surface area contributed by atoms with E-state index < -0.39 is 11.9 Å². The van der Waals surface area contributed by atoms with Crippen LogP contribution < -0.4 is 10.1 Å². The van der Waals surface area contributed by atoms with E-state index in [1.807, 2.05) is 29.6 Å². The van der Waals surface area contributed by atoms with Crippen LogP contribution in [0.1, 0.15) is 25.7 Å². The van der Waals surface area contributed by atoms with E-state index in [-0.39, 0.29) is 16.7 Å². The second-order valence-electron chi connectivity index (χ2n) is 6.37. The molecule has 0 amide bonds. The molecule has 32 heavy (non-hydrogen) atoms. The van der Waals surface area contributed by atoms with Gasteiger partial charge in [-0.1, -0.05) is 12.1 Å². The molecule has 0 saturated heterocycles. The van der Waals surface area contributed by atoms with Crippen LogP contribution in [0.4, 0.5) is 5.69 Å². The Morgan fingerprint density at radius 3 is 2.34 bits per heavy atom. The number of ether oxygens (including phenoxy) is 3. The molecule has 0 spiro atoms. The lowest BCUT2D eigenvalue weighted by Gasteiger charge is -2.08. The molecule has 0 aliphatic heterocycles. The van der Waals surface area contributed by atoms with Gasteiger partial charge in [-0.05, 0) is 30.3 Å². The third kappa shape index (κ3) is 5.11. The van der Waals surface area contributed by atoms with Crippen molar-refractivity contribution >= 4 is 34.5 Å². The number of carbonyl (C=O) groups is 2. The van der Waals surface area contributed by atoms with Gasteiger partial charge >= 0.3 is 11.9 Å². The molecule has 8 nitrogen and oxygen atoms in total. The molecule has 1 aromatic heterocycles. The molecule has 0 bridgehead atoms. The van der Waals surface area contributed by atoms with Crippen molar-refractivity contribution in [3.05, 3.63) is 70.2 Å². The zero-order valence-corrected chi connectivity index (χ0v) is 18.4. The van der Waals surface area contributed by atoms with Gasteiger partial charge in [0.2, 0.25) is 0 Å². The molecule has 9 heteroatoms. The van der Waals surface area contributed by atoms with Crippen molar-refractivity contribution in [3.63, 3.8) is 0 Å². The fourth-order valence-electron chi connectivity index (χ4n) is 2.79. The van der Waals surface area contributed by atoms with Crippen LogP contribution in [0, 0.1) is 11.3 Å². The predicted molar refractivity (Wildman–Crippen MR) is 120 cm³/mol. The summed E-state index contributed by atoms with van der Waals surface area (Å²) in [6, 6.07) is 14.0. The van der Waals surface area contributed by atoms with Gasteiger partial charge in [-0.3, -0.25) is 0 Å². The smallest absolute Gasteiger partial charge is 0.337 e. The Kier molecular flexibility index (Phi) is 7.21. The third-order valence-electron chi connectivity index (χ3n) is 4.38. The number of esters is 2. The van der Waals surface area contributed by atoms with Crippen LogP contribution in [0.25, 0.3) is 16.8 Å². The van der Waals surface area contributed by atoms with Gasteiger partial charge in [-0.2, -0.15) is 5.26 Å². The zero-order chi connectivity index (χ0) is 23.1. The molecule has 1 heterocycles. The van der Waals surface area contributed by atoms with Gasteiger partial charge in [0.1, 0.15) is 22.4 Å². The number of aromatic nitrogens is 1. The van der Waals surface area contributed by atoms with E-state index in [9.17, 15) is 14.9 Å². The minimum atomic E-state index is -0.605. The van der Waals surface area contributed by atoms with Crippen molar-refractivity contribution in [1.82, 2.24) is 4.98 Å². The average Bonchev–Trinajstić information content (AvgIpc) is 3.33. The van der Waals surface area contributed by atoms with Gasteiger partial charge in [-0.25, -0.2) is 14.6 Å². The lowest BCUT2D eigenvalue weighted by Crippen LogP contribution is -2.07. The van der Waals surface area contributed by atoms with Crippen molar-refractivity contribution in [2.45, 2.75) is 0 Å². The third-order valence-corrected chi connectivity index (χ3v) is 5.25. The van der Waals surface area contributed by atoms with E-state index in [0.717, 1.165) is 5.56 Å². The minimum Gasteiger partial charge on any atom is -0.497 e. The first-order valence-corrected chi connectivity index (χ1v) is 10.2. The maximum atomic E-state index is 11.9. The number of nitrogens with one attached hydrogen (secondary N) is 1. The van der Waals surface area contributed by atoms with Crippen LogP contribution >= 0.6 is 11.3 Å². The Hall–Kier alpha value is -4.16. The molecular formula is C23H19N3O5S. The molecule has 0 radical (unpaired) electrons. The van der Waals surface area contributed by atoms with E-state index in [2.05, 4.69) is 16.4 Å². The molecule has 0 fully saturated rings. The highest BCUT2D eigenvalue weighted by atomic mass is 32.1. The summed E-state index contributed by atoms with van der Waals surface area (Å²) < 4.78 is 14.7. The van der Waals surface area contributed by atoms with Gasteiger partial charge in [-0.15, -0.1) is 11.3 Å². The average molecular weight is 449 g/mol. The topological polar surface area (TPSA) is 111 Å². The Labute approximate surface area is 188 Å². The number of methoxy groups -OCH3 is 3. The summed E-state index contributed by atoms with van der Waals surface area (Å²) in [5.74, 6) is -0.501. The summed E-state index contributed by atoms with van der Waals surface area (Å²) in [6.07, 6.45) is 1.46. The summed E-state index contributed by atoms with van der Waals surface area (Å²) in [5.41, 5.74) is 2.60. The summed E-state index contributed by atoms with van der Waals surface area (Å²) in [7, 11) is 4.08. The summed E-state index contributed by atoms with van der Waals surface area (Å²) in [6.45, 7) is 0. The highest BCUT2D eigenvalue weighted by Gasteiger charge is 2.14. The first kappa shape index (κ1) is 22.5. The first-order valence-electron chi connectivity index (χ1n) is 9.28. The number of anilines is 1. The normalized spacial score (nSPS) is 10.8. The fourth-order valence-corrected chi connectivity index (χ4v) is 3.59. The van der Waals surface area contributed by atoms with E-state index in [1.54, 1.807) is 7.11 Å². The predicted octanol–water partition coefficient (Wildman–Crippen LogP) is 4.37. The van der Waals surface area contributed by atoms with Gasteiger partial charge in [0, 0.05) is 22.8 Å². The summed E-state index contributed by atoms with van der Waals surface area (Å²) in [4.78, 5) is 28.4. The lowest BCUT2D eigenvalue weighted by molar-refractivity contribution is 0.0599. The quantitative estimate of drug-likeness (QED) is 0.418. The number of hydrogen-bond donors (Lipinski definition) is 1. The molecule has 0 aliphatic rings. The molecule has 3 rings (SSSR count). The van der Waals surface area contributed by atoms with Crippen LogP contribution in [0.2, 0.25) is 0 Å². The molecule has 0 atom stereocenters. The van der Waals surface area contributed by atoms with Crippen LogP contribution in [0.5, 0.6) is 5.75 Å². The second kappa shape index (κ2) is 10.2. The summed E-state index contributed by atoms with van der Waals surface area (Å²) in [5, 5.41) is 14.9. The number of thiazole rings is 1. The lowest BCUT2D eigenvalue weighted by atomic mass is 10.1. The van der Waals surface area contributed by atoms with E-state index in [0.29, 0.717) is 22.1 Å². The number of nitriles is 1. The molecule has 0 aliphatic carbocycles. The zero-order valence-electron chi connectivity index (χ0n) is 17.5. The highest BCUT2D eigenvalue weighted by Crippen LogP contribution is 2.28. The number of carbonyl (C=O) groups excluding carboxylic acids is 2. The first-order chi connectivity index (χ1) is 15.5.